The Morgan fingerprint density at radius 2 is 1.92 bits per heavy atom. The van der Waals surface area contributed by atoms with Crippen molar-refractivity contribution >= 4 is 46.4 Å². The Bertz CT molecular complexity index is 896. The number of hydrogen-bond acceptors (Lipinski definition) is 3. The Morgan fingerprint density at radius 3 is 2.62 bits per heavy atom. The quantitative estimate of drug-likeness (QED) is 0.839. The van der Waals surface area contributed by atoms with Gasteiger partial charge >= 0.3 is 0 Å². The van der Waals surface area contributed by atoms with E-state index >= 15 is 0 Å². The molecule has 0 aliphatic carbocycles. The number of amides is 2. The summed E-state index contributed by atoms with van der Waals surface area (Å²) in [6.45, 7) is 5.12. The van der Waals surface area contributed by atoms with Crippen LogP contribution in [0, 0.1) is 6.92 Å². The largest absolute Gasteiger partial charge is 0.476 e. The molecule has 5 nitrogen and oxygen atoms in total. The Kier molecular flexibility index (Phi) is 4.86. The molecule has 0 radical (unpaired) electrons. The summed E-state index contributed by atoms with van der Waals surface area (Å²) in [6.07, 6.45) is 0. The van der Waals surface area contributed by atoms with E-state index in [1.807, 2.05) is 19.1 Å². The van der Waals surface area contributed by atoms with Gasteiger partial charge in [0.05, 0.1) is 16.4 Å². The smallest absolute Gasteiger partial charge is 0.271 e. The fourth-order valence-electron chi connectivity index (χ4n) is 2.76. The number of nitrogens with one attached hydrogen (secondary N) is 1. The lowest BCUT2D eigenvalue weighted by atomic mass is 10.0. The van der Waals surface area contributed by atoms with Crippen molar-refractivity contribution in [3.8, 4) is 5.75 Å². The highest BCUT2D eigenvalue weighted by Gasteiger charge is 2.41. The second-order valence-electron chi connectivity index (χ2n) is 6.65. The molecule has 1 aliphatic rings. The van der Waals surface area contributed by atoms with Gasteiger partial charge in [0.25, 0.3) is 5.91 Å². The summed E-state index contributed by atoms with van der Waals surface area (Å²) in [7, 11) is 0. The van der Waals surface area contributed by atoms with E-state index in [-0.39, 0.29) is 18.4 Å². The lowest BCUT2D eigenvalue weighted by Gasteiger charge is -2.38. The zero-order valence-corrected chi connectivity index (χ0v) is 16.1. The highest BCUT2D eigenvalue weighted by atomic mass is 35.5. The van der Waals surface area contributed by atoms with Crippen LogP contribution in [0.4, 0.5) is 11.4 Å². The van der Waals surface area contributed by atoms with Crippen molar-refractivity contribution in [1.29, 1.82) is 0 Å². The third-order valence-corrected chi connectivity index (χ3v) is 4.59. The summed E-state index contributed by atoms with van der Waals surface area (Å²) >= 11 is 12.0. The molecule has 0 saturated heterocycles. The molecular formula is C19H18Cl2N2O3. The van der Waals surface area contributed by atoms with Crippen LogP contribution in [0.3, 0.4) is 0 Å². The topological polar surface area (TPSA) is 58.6 Å². The Labute approximate surface area is 161 Å². The lowest BCUT2D eigenvalue weighted by molar-refractivity contribution is -0.133. The van der Waals surface area contributed by atoms with Crippen LogP contribution < -0.4 is 15.0 Å². The van der Waals surface area contributed by atoms with Crippen LogP contribution in [0.25, 0.3) is 0 Å². The predicted molar refractivity (Wildman–Crippen MR) is 103 cm³/mol. The number of hydrogen-bond donors (Lipinski definition) is 1. The van der Waals surface area contributed by atoms with Gasteiger partial charge in [-0.2, -0.15) is 0 Å². The van der Waals surface area contributed by atoms with E-state index in [1.54, 1.807) is 38.1 Å². The number of ether oxygens (including phenoxy) is 1. The molecule has 2 amide bonds. The summed E-state index contributed by atoms with van der Waals surface area (Å²) in [6, 6.07) is 10.3. The molecule has 0 unspecified atom stereocenters. The highest BCUT2D eigenvalue weighted by Crippen LogP contribution is 2.38. The average Bonchev–Trinajstić information content (AvgIpc) is 2.55. The van der Waals surface area contributed by atoms with Crippen LogP contribution in [-0.4, -0.2) is 24.0 Å². The van der Waals surface area contributed by atoms with Gasteiger partial charge in [-0.15, -0.1) is 0 Å². The molecule has 0 bridgehead atoms. The average molecular weight is 393 g/mol. The fraction of sp³-hybridized carbons (Fsp3) is 0.263. The summed E-state index contributed by atoms with van der Waals surface area (Å²) in [5, 5.41) is 3.52. The van der Waals surface area contributed by atoms with E-state index in [9.17, 15) is 9.59 Å². The third-order valence-electron chi connectivity index (χ3n) is 4.04. The minimum Gasteiger partial charge on any atom is -0.476 e. The number of rotatable bonds is 3. The molecular weight excluding hydrogens is 375 g/mol. The predicted octanol–water partition coefficient (Wildman–Crippen LogP) is 4.44. The van der Waals surface area contributed by atoms with E-state index in [0.29, 0.717) is 27.2 Å². The molecule has 2 aromatic rings. The maximum atomic E-state index is 12.8. The Hall–Kier alpha value is -2.24. The van der Waals surface area contributed by atoms with E-state index < -0.39 is 5.60 Å². The second kappa shape index (κ2) is 6.82. The fourth-order valence-corrected chi connectivity index (χ4v) is 3.21. The zero-order valence-electron chi connectivity index (χ0n) is 14.6. The van der Waals surface area contributed by atoms with Gasteiger partial charge in [0, 0.05) is 5.02 Å². The Balaban J connectivity index is 1.87. The van der Waals surface area contributed by atoms with Crippen molar-refractivity contribution < 1.29 is 14.3 Å². The van der Waals surface area contributed by atoms with Gasteiger partial charge in [0.2, 0.25) is 5.91 Å². The van der Waals surface area contributed by atoms with E-state index in [4.69, 9.17) is 27.9 Å². The van der Waals surface area contributed by atoms with Gasteiger partial charge < -0.3 is 10.1 Å². The molecule has 0 fully saturated rings. The summed E-state index contributed by atoms with van der Waals surface area (Å²) < 4.78 is 5.79. The van der Waals surface area contributed by atoms with E-state index in [0.717, 1.165) is 5.56 Å². The molecule has 7 heteroatoms. The monoisotopic (exact) mass is 392 g/mol. The Morgan fingerprint density at radius 1 is 1.19 bits per heavy atom. The van der Waals surface area contributed by atoms with Gasteiger partial charge in [0.15, 0.2) is 5.60 Å². The number of carbonyl (C=O) groups is 2. The summed E-state index contributed by atoms with van der Waals surface area (Å²) in [4.78, 5) is 26.8. The first-order valence-electron chi connectivity index (χ1n) is 8.04. The molecule has 0 saturated carbocycles. The second-order valence-corrected chi connectivity index (χ2v) is 7.49. The van der Waals surface area contributed by atoms with Crippen LogP contribution in [0.5, 0.6) is 5.75 Å². The van der Waals surface area contributed by atoms with E-state index in [2.05, 4.69) is 5.32 Å². The van der Waals surface area contributed by atoms with Gasteiger partial charge in [0.1, 0.15) is 12.3 Å². The zero-order chi connectivity index (χ0) is 19.1. The molecule has 0 spiro atoms. The summed E-state index contributed by atoms with van der Waals surface area (Å²) in [5.74, 6) is -0.0850. The number of halogens is 2. The number of aryl methyl sites for hydroxylation is 1. The molecule has 2 aromatic carbocycles. The van der Waals surface area contributed by atoms with Gasteiger partial charge in [-0.25, -0.2) is 0 Å². The maximum absolute atomic E-state index is 12.8. The van der Waals surface area contributed by atoms with Gasteiger partial charge in [-0.05, 0) is 56.7 Å². The molecule has 3 rings (SSSR count). The van der Waals surface area contributed by atoms with Crippen molar-refractivity contribution in [2.75, 3.05) is 16.8 Å². The third kappa shape index (κ3) is 3.64. The molecule has 1 heterocycles. The SMILES string of the molecule is Cc1ccc2c(c1)N(CC(=O)Nc1ccc(Cl)cc1Cl)C(=O)C(C)(C)O2. The van der Waals surface area contributed by atoms with Gasteiger partial charge in [-0.3, -0.25) is 14.5 Å². The van der Waals surface area contributed by atoms with Crippen LogP contribution in [-0.2, 0) is 9.59 Å². The van der Waals surface area contributed by atoms with Crippen molar-refractivity contribution in [3.05, 3.63) is 52.0 Å². The first-order chi connectivity index (χ1) is 12.2. The number of carbonyl (C=O) groups excluding carboxylic acids is 2. The van der Waals surface area contributed by atoms with Gasteiger partial charge in [-0.1, -0.05) is 29.3 Å². The molecule has 0 aromatic heterocycles. The van der Waals surface area contributed by atoms with Crippen LogP contribution in [0.2, 0.25) is 10.0 Å². The lowest BCUT2D eigenvalue weighted by Crippen LogP contribution is -2.54. The van der Waals surface area contributed by atoms with Crippen molar-refractivity contribution in [2.45, 2.75) is 26.4 Å². The number of benzene rings is 2. The van der Waals surface area contributed by atoms with E-state index in [1.165, 1.54) is 4.90 Å². The molecule has 1 N–H and O–H groups in total. The molecule has 136 valence electrons. The maximum Gasteiger partial charge on any atom is 0.271 e. The van der Waals surface area contributed by atoms with Crippen LogP contribution in [0.15, 0.2) is 36.4 Å². The minimum atomic E-state index is -1.06. The molecule has 0 atom stereocenters. The van der Waals surface area contributed by atoms with Crippen molar-refractivity contribution in [1.82, 2.24) is 0 Å². The van der Waals surface area contributed by atoms with Crippen LogP contribution >= 0.6 is 23.2 Å². The molecule has 26 heavy (non-hydrogen) atoms. The number of anilines is 2. The highest BCUT2D eigenvalue weighted by molar-refractivity contribution is 6.36. The first kappa shape index (κ1) is 18.5. The van der Waals surface area contributed by atoms with Crippen LogP contribution in [0.1, 0.15) is 19.4 Å². The van der Waals surface area contributed by atoms with Crippen molar-refractivity contribution in [2.24, 2.45) is 0 Å². The van der Waals surface area contributed by atoms with Crippen molar-refractivity contribution in [3.63, 3.8) is 0 Å². The molecule has 1 aliphatic heterocycles. The first-order valence-corrected chi connectivity index (χ1v) is 8.79. The normalized spacial score (nSPS) is 15.3. The minimum absolute atomic E-state index is 0.152. The summed E-state index contributed by atoms with van der Waals surface area (Å²) in [5.41, 5.74) is 0.920. The standard InChI is InChI=1S/C19H18Cl2N2O3/c1-11-4-7-16-15(8-11)23(18(25)19(2,3)26-16)10-17(24)22-14-6-5-12(20)9-13(14)21/h4-9H,10H2,1-3H3,(H,22,24). The number of nitrogens with zero attached hydrogens (tertiary/aromatic N) is 1. The number of fused-ring (bicyclic) bond motifs is 1.